The second kappa shape index (κ2) is 7.70. The highest BCUT2D eigenvalue weighted by Gasteiger charge is 2.27. The summed E-state index contributed by atoms with van der Waals surface area (Å²) in [7, 11) is 1.84. The zero-order chi connectivity index (χ0) is 20.5. The second-order valence-corrected chi connectivity index (χ2v) is 7.54. The number of para-hydroxylation sites is 1. The van der Waals surface area contributed by atoms with Gasteiger partial charge in [0, 0.05) is 44.6 Å². The van der Waals surface area contributed by atoms with E-state index in [2.05, 4.69) is 0 Å². The number of carbonyl (C=O) groups is 1. The van der Waals surface area contributed by atoms with Gasteiger partial charge in [-0.3, -0.25) is 9.59 Å². The molecule has 0 saturated carbocycles. The van der Waals surface area contributed by atoms with E-state index in [0.29, 0.717) is 31.3 Å². The van der Waals surface area contributed by atoms with Gasteiger partial charge in [0.15, 0.2) is 11.6 Å². The third-order valence-electron chi connectivity index (χ3n) is 5.43. The van der Waals surface area contributed by atoms with Crippen molar-refractivity contribution in [2.24, 2.45) is 7.05 Å². The van der Waals surface area contributed by atoms with Gasteiger partial charge < -0.3 is 14.2 Å². The van der Waals surface area contributed by atoms with Crippen molar-refractivity contribution in [3.05, 3.63) is 75.8 Å². The molecule has 2 aromatic carbocycles. The number of pyridine rings is 1. The van der Waals surface area contributed by atoms with E-state index in [-0.39, 0.29) is 34.6 Å². The van der Waals surface area contributed by atoms with Crippen LogP contribution in [0.3, 0.4) is 0 Å². The van der Waals surface area contributed by atoms with Crippen molar-refractivity contribution >= 4 is 16.8 Å². The molecule has 0 atom stereocenters. The largest absolute Gasteiger partial charge is 0.487 e. The van der Waals surface area contributed by atoms with Crippen LogP contribution in [0.2, 0.25) is 0 Å². The fraction of sp³-hybridized carbons (Fsp3) is 0.304. The van der Waals surface area contributed by atoms with E-state index in [1.807, 2.05) is 36.7 Å². The Balaban J connectivity index is 1.51. The molecule has 1 amide bonds. The molecule has 0 unspecified atom stereocenters. The number of fused-ring (bicyclic) bond motifs is 1. The van der Waals surface area contributed by atoms with Crippen molar-refractivity contribution in [2.75, 3.05) is 13.1 Å². The summed E-state index contributed by atoms with van der Waals surface area (Å²) >= 11 is 0. The van der Waals surface area contributed by atoms with Crippen LogP contribution in [-0.2, 0) is 7.05 Å². The quantitative estimate of drug-likeness (QED) is 0.681. The molecular formula is C23H23FN2O3. The topological polar surface area (TPSA) is 51.5 Å². The number of likely N-dealkylation sites (tertiary alicyclic amines) is 1. The molecule has 150 valence electrons. The lowest BCUT2D eigenvalue weighted by Crippen LogP contribution is -2.43. The van der Waals surface area contributed by atoms with Gasteiger partial charge in [0.05, 0.1) is 5.52 Å². The lowest BCUT2D eigenvalue weighted by Gasteiger charge is -2.32. The molecular weight excluding hydrogens is 371 g/mol. The monoisotopic (exact) mass is 394 g/mol. The molecule has 0 N–H and O–H groups in total. The number of carbonyl (C=O) groups excluding carboxylic acids is 1. The number of ether oxygens (including phenoxy) is 1. The first kappa shape index (κ1) is 19.2. The summed E-state index contributed by atoms with van der Waals surface area (Å²) in [5.74, 6) is -0.421. The molecule has 2 heterocycles. The highest BCUT2D eigenvalue weighted by molar-refractivity contribution is 5.97. The fourth-order valence-corrected chi connectivity index (χ4v) is 3.83. The average molecular weight is 394 g/mol. The summed E-state index contributed by atoms with van der Waals surface area (Å²) in [4.78, 5) is 27.6. The Bertz CT molecular complexity index is 1130. The minimum absolute atomic E-state index is 0.155. The fourth-order valence-electron chi connectivity index (χ4n) is 3.83. The van der Waals surface area contributed by atoms with E-state index < -0.39 is 0 Å². The van der Waals surface area contributed by atoms with E-state index in [1.54, 1.807) is 29.3 Å². The van der Waals surface area contributed by atoms with E-state index in [9.17, 15) is 14.0 Å². The Morgan fingerprint density at radius 3 is 2.59 bits per heavy atom. The lowest BCUT2D eigenvalue weighted by molar-refractivity contribution is 0.0587. The molecule has 1 aliphatic heterocycles. The maximum Gasteiger partial charge on any atom is 0.259 e. The van der Waals surface area contributed by atoms with Crippen LogP contribution in [0.5, 0.6) is 5.75 Å². The zero-order valence-electron chi connectivity index (χ0n) is 16.5. The van der Waals surface area contributed by atoms with Gasteiger partial charge in [-0.1, -0.05) is 23.8 Å². The summed E-state index contributed by atoms with van der Waals surface area (Å²) in [5.41, 5.74) is 1.72. The number of hydrogen-bond acceptors (Lipinski definition) is 3. The first-order valence-corrected chi connectivity index (χ1v) is 9.74. The number of amides is 1. The zero-order valence-corrected chi connectivity index (χ0v) is 16.5. The van der Waals surface area contributed by atoms with E-state index in [4.69, 9.17) is 4.74 Å². The molecule has 4 rings (SSSR count). The number of aryl methyl sites for hydroxylation is 2. The highest BCUT2D eigenvalue weighted by Crippen LogP contribution is 2.22. The number of nitrogens with zero attached hydrogens (tertiary/aromatic N) is 2. The normalized spacial score (nSPS) is 14.9. The van der Waals surface area contributed by atoms with Crippen LogP contribution < -0.4 is 10.2 Å². The summed E-state index contributed by atoms with van der Waals surface area (Å²) in [6, 6.07) is 12.0. The van der Waals surface area contributed by atoms with Crippen LogP contribution >= 0.6 is 0 Å². The average Bonchev–Trinajstić information content (AvgIpc) is 2.72. The molecule has 5 nitrogen and oxygen atoms in total. The van der Waals surface area contributed by atoms with Gasteiger partial charge in [-0.25, -0.2) is 4.39 Å². The Labute approximate surface area is 168 Å². The van der Waals surface area contributed by atoms with Crippen LogP contribution in [0, 0.1) is 12.7 Å². The first-order valence-electron chi connectivity index (χ1n) is 9.74. The molecule has 0 spiro atoms. The molecule has 1 aliphatic rings. The number of halogens is 1. The highest BCUT2D eigenvalue weighted by atomic mass is 19.1. The summed E-state index contributed by atoms with van der Waals surface area (Å²) in [5, 5.41) is 0.552. The van der Waals surface area contributed by atoms with Crippen molar-refractivity contribution in [2.45, 2.75) is 25.9 Å². The predicted molar refractivity (Wildman–Crippen MR) is 110 cm³/mol. The van der Waals surface area contributed by atoms with Gasteiger partial charge in [-0.15, -0.1) is 0 Å². The van der Waals surface area contributed by atoms with Gasteiger partial charge >= 0.3 is 0 Å². The second-order valence-electron chi connectivity index (χ2n) is 7.54. The maximum atomic E-state index is 13.8. The van der Waals surface area contributed by atoms with Gasteiger partial charge in [0.2, 0.25) is 5.43 Å². The number of rotatable bonds is 3. The van der Waals surface area contributed by atoms with Crippen LogP contribution in [0.25, 0.3) is 10.9 Å². The summed E-state index contributed by atoms with van der Waals surface area (Å²) in [6.45, 7) is 2.85. The van der Waals surface area contributed by atoms with Crippen LogP contribution in [0.4, 0.5) is 4.39 Å². The minimum atomic E-state index is -0.388. The van der Waals surface area contributed by atoms with Crippen molar-refractivity contribution in [3.8, 4) is 5.75 Å². The standard InChI is InChI=1S/C23H23FN2O3/c1-15-7-8-20-17(13-15)22(27)18(14-25(20)2)23(28)26-11-9-16(10-12-26)29-21-6-4-3-5-19(21)24/h3-8,13-14,16H,9-12H2,1-2H3. The van der Waals surface area contributed by atoms with Crippen LogP contribution in [0.1, 0.15) is 28.8 Å². The Hall–Kier alpha value is -3.15. The summed E-state index contributed by atoms with van der Waals surface area (Å²) < 4.78 is 21.4. The SMILES string of the molecule is Cc1ccc2c(c1)c(=O)c(C(=O)N1CCC(Oc3ccccc3F)CC1)cn2C. The molecule has 0 bridgehead atoms. The maximum absolute atomic E-state index is 13.8. The molecule has 0 radical (unpaired) electrons. The first-order chi connectivity index (χ1) is 13.9. The van der Waals surface area contributed by atoms with Crippen molar-refractivity contribution in [1.29, 1.82) is 0 Å². The molecule has 1 fully saturated rings. The number of aromatic nitrogens is 1. The molecule has 0 aliphatic carbocycles. The van der Waals surface area contributed by atoms with Gasteiger partial charge in [-0.05, 0) is 31.2 Å². The van der Waals surface area contributed by atoms with E-state index >= 15 is 0 Å². The predicted octanol–water partition coefficient (Wildman–Crippen LogP) is 3.67. The molecule has 3 aromatic rings. The van der Waals surface area contributed by atoms with Crippen molar-refractivity contribution in [1.82, 2.24) is 9.47 Å². The summed E-state index contributed by atoms with van der Waals surface area (Å²) in [6.07, 6.45) is 2.64. The number of piperidine rings is 1. The Morgan fingerprint density at radius 2 is 1.86 bits per heavy atom. The van der Waals surface area contributed by atoms with Gasteiger partial charge in [0.25, 0.3) is 5.91 Å². The van der Waals surface area contributed by atoms with Crippen molar-refractivity contribution < 1.29 is 13.9 Å². The molecule has 29 heavy (non-hydrogen) atoms. The molecule has 1 saturated heterocycles. The Kier molecular flexibility index (Phi) is 5.09. The Morgan fingerprint density at radius 1 is 1.14 bits per heavy atom. The van der Waals surface area contributed by atoms with E-state index in [0.717, 1.165) is 11.1 Å². The van der Waals surface area contributed by atoms with Gasteiger partial charge in [0.1, 0.15) is 11.7 Å². The lowest BCUT2D eigenvalue weighted by atomic mass is 10.0. The van der Waals surface area contributed by atoms with Crippen molar-refractivity contribution in [3.63, 3.8) is 0 Å². The number of hydrogen-bond donors (Lipinski definition) is 0. The number of benzene rings is 2. The molecule has 6 heteroatoms. The van der Waals surface area contributed by atoms with E-state index in [1.165, 1.54) is 6.07 Å². The minimum Gasteiger partial charge on any atom is -0.487 e. The van der Waals surface area contributed by atoms with Crippen LogP contribution in [-0.4, -0.2) is 34.6 Å². The van der Waals surface area contributed by atoms with Crippen LogP contribution in [0.15, 0.2) is 53.5 Å². The third-order valence-corrected chi connectivity index (χ3v) is 5.43. The third kappa shape index (κ3) is 3.75. The van der Waals surface area contributed by atoms with Gasteiger partial charge in [-0.2, -0.15) is 0 Å². The smallest absolute Gasteiger partial charge is 0.259 e. The molecule has 1 aromatic heterocycles.